The fourth-order valence-electron chi connectivity index (χ4n) is 1.25. The van der Waals surface area contributed by atoms with E-state index in [0.29, 0.717) is 18.0 Å². The summed E-state index contributed by atoms with van der Waals surface area (Å²) in [6, 6.07) is 0. The van der Waals surface area contributed by atoms with Crippen LogP contribution in [0.1, 0.15) is 25.8 Å². The normalized spacial score (nSPS) is 12.8. The van der Waals surface area contributed by atoms with Gasteiger partial charge in [0.25, 0.3) is 5.56 Å². The van der Waals surface area contributed by atoms with E-state index in [1.165, 1.54) is 4.57 Å². The molecule has 84 valence electrons. The maximum Gasteiger partial charge on any atom is 0.329 e. The van der Waals surface area contributed by atoms with Gasteiger partial charge in [0.15, 0.2) is 0 Å². The topological polar surface area (TPSA) is 54.9 Å². The van der Waals surface area contributed by atoms with Crippen LogP contribution < -0.4 is 11.2 Å². The van der Waals surface area contributed by atoms with Crippen LogP contribution in [0, 0.1) is 12.8 Å². The van der Waals surface area contributed by atoms with Crippen molar-refractivity contribution in [2.75, 3.05) is 0 Å². The smallest absolute Gasteiger partial charge is 0.297 e. The van der Waals surface area contributed by atoms with Gasteiger partial charge in [-0.15, -0.1) is 0 Å². The van der Waals surface area contributed by atoms with E-state index in [9.17, 15) is 9.59 Å². The number of halogens is 1. The second-order valence-electron chi connectivity index (χ2n) is 3.80. The van der Waals surface area contributed by atoms with Crippen molar-refractivity contribution in [2.24, 2.45) is 5.92 Å². The predicted molar refractivity (Wildman–Crippen MR) is 60.5 cm³/mol. The van der Waals surface area contributed by atoms with E-state index in [-0.39, 0.29) is 10.7 Å². The molecule has 0 aliphatic heterocycles. The Labute approximate surface area is 92.9 Å². The molecule has 1 aromatic rings. The van der Waals surface area contributed by atoms with Gasteiger partial charge in [-0.05, 0) is 12.8 Å². The summed E-state index contributed by atoms with van der Waals surface area (Å²) >= 11 is 5.69. The molecule has 0 fully saturated rings. The molecule has 1 aromatic heterocycles. The summed E-state index contributed by atoms with van der Waals surface area (Å²) in [6.07, 6.45) is 0.924. The Bertz CT molecular complexity index is 461. The van der Waals surface area contributed by atoms with Crippen molar-refractivity contribution in [3.05, 3.63) is 31.6 Å². The van der Waals surface area contributed by atoms with Crippen molar-refractivity contribution in [1.29, 1.82) is 0 Å². The molecule has 1 unspecified atom stereocenters. The van der Waals surface area contributed by atoms with Gasteiger partial charge in [-0.25, -0.2) is 4.79 Å². The minimum absolute atomic E-state index is 0.130. The summed E-state index contributed by atoms with van der Waals surface area (Å²) < 4.78 is 1.20. The molecular formula is C10H15ClN2O2. The summed E-state index contributed by atoms with van der Waals surface area (Å²) in [5, 5.41) is 0.130. The molecule has 1 rings (SSSR count). The Morgan fingerprint density at radius 1 is 1.47 bits per heavy atom. The first kappa shape index (κ1) is 12.0. The van der Waals surface area contributed by atoms with E-state index in [4.69, 9.17) is 11.6 Å². The second-order valence-corrected chi connectivity index (χ2v) is 4.18. The summed E-state index contributed by atoms with van der Waals surface area (Å²) in [6.45, 7) is 6.05. The molecule has 0 spiro atoms. The number of hydrogen-bond donors (Lipinski definition) is 1. The molecule has 0 aromatic carbocycles. The van der Waals surface area contributed by atoms with Crippen molar-refractivity contribution >= 4 is 11.6 Å². The lowest BCUT2D eigenvalue weighted by molar-refractivity contribution is 0.445. The molecule has 1 N–H and O–H groups in total. The molecule has 5 heteroatoms. The molecule has 0 radical (unpaired) electrons. The van der Waals surface area contributed by atoms with Crippen LogP contribution in [0.25, 0.3) is 0 Å². The summed E-state index contributed by atoms with van der Waals surface area (Å²) in [4.78, 5) is 25.7. The zero-order valence-electron chi connectivity index (χ0n) is 9.13. The third kappa shape index (κ3) is 2.50. The largest absolute Gasteiger partial charge is 0.329 e. The maximum absolute atomic E-state index is 11.7. The highest BCUT2D eigenvalue weighted by Crippen LogP contribution is 2.05. The lowest BCUT2D eigenvalue weighted by atomic mass is 10.1. The number of rotatable bonds is 3. The fourth-order valence-corrected chi connectivity index (χ4v) is 1.41. The maximum atomic E-state index is 11.7. The van der Waals surface area contributed by atoms with Gasteiger partial charge < -0.3 is 0 Å². The van der Waals surface area contributed by atoms with Gasteiger partial charge in [-0.3, -0.25) is 14.3 Å². The number of aromatic amines is 1. The predicted octanol–water partition coefficient (Wildman–Crippen LogP) is 1.54. The van der Waals surface area contributed by atoms with Crippen molar-refractivity contribution in [3.8, 4) is 0 Å². The van der Waals surface area contributed by atoms with E-state index >= 15 is 0 Å². The summed E-state index contributed by atoms with van der Waals surface area (Å²) in [5.41, 5.74) is -0.348. The van der Waals surface area contributed by atoms with Crippen molar-refractivity contribution in [3.63, 3.8) is 0 Å². The molecular weight excluding hydrogens is 216 g/mol. The Hall–Kier alpha value is -1.03. The van der Waals surface area contributed by atoms with Gasteiger partial charge in [0.2, 0.25) is 0 Å². The van der Waals surface area contributed by atoms with Crippen LogP contribution in [0.15, 0.2) is 9.59 Å². The molecule has 0 amide bonds. The Morgan fingerprint density at radius 2 is 2.07 bits per heavy atom. The highest BCUT2D eigenvalue weighted by Gasteiger charge is 2.10. The van der Waals surface area contributed by atoms with E-state index < -0.39 is 5.69 Å². The van der Waals surface area contributed by atoms with Crippen molar-refractivity contribution < 1.29 is 0 Å². The molecule has 1 heterocycles. The molecule has 15 heavy (non-hydrogen) atoms. The minimum Gasteiger partial charge on any atom is -0.297 e. The quantitative estimate of drug-likeness (QED) is 0.801. The monoisotopic (exact) mass is 230 g/mol. The zero-order valence-corrected chi connectivity index (χ0v) is 9.89. The van der Waals surface area contributed by atoms with E-state index in [2.05, 4.69) is 4.98 Å². The minimum atomic E-state index is -0.434. The van der Waals surface area contributed by atoms with Gasteiger partial charge in [0.1, 0.15) is 5.15 Å². The Morgan fingerprint density at radius 3 is 2.60 bits per heavy atom. The molecule has 0 aliphatic carbocycles. The molecule has 1 atom stereocenters. The van der Waals surface area contributed by atoms with Gasteiger partial charge in [-0.1, -0.05) is 31.9 Å². The first-order valence-corrected chi connectivity index (χ1v) is 5.34. The summed E-state index contributed by atoms with van der Waals surface area (Å²) in [5.74, 6) is 0.296. The lowest BCUT2D eigenvalue weighted by Gasteiger charge is -2.10. The molecule has 0 saturated heterocycles. The van der Waals surface area contributed by atoms with Crippen LogP contribution in [0.3, 0.4) is 0 Å². The van der Waals surface area contributed by atoms with Gasteiger partial charge in [0, 0.05) is 12.1 Å². The van der Waals surface area contributed by atoms with Crippen LogP contribution in [0.4, 0.5) is 0 Å². The molecule has 0 aliphatic rings. The van der Waals surface area contributed by atoms with Crippen LogP contribution in [0.5, 0.6) is 0 Å². The average molecular weight is 231 g/mol. The van der Waals surface area contributed by atoms with E-state index in [1.807, 2.05) is 13.8 Å². The number of hydrogen-bond acceptors (Lipinski definition) is 2. The zero-order chi connectivity index (χ0) is 11.6. The van der Waals surface area contributed by atoms with Crippen LogP contribution >= 0.6 is 11.6 Å². The first-order valence-electron chi connectivity index (χ1n) is 4.96. The second kappa shape index (κ2) is 4.66. The van der Waals surface area contributed by atoms with Gasteiger partial charge in [0.05, 0.1) is 0 Å². The highest BCUT2D eigenvalue weighted by atomic mass is 35.5. The Balaban J connectivity index is 3.25. The third-order valence-electron chi connectivity index (χ3n) is 2.55. The molecule has 0 saturated carbocycles. The van der Waals surface area contributed by atoms with E-state index in [1.54, 1.807) is 6.92 Å². The van der Waals surface area contributed by atoms with E-state index in [0.717, 1.165) is 6.42 Å². The van der Waals surface area contributed by atoms with Crippen LogP contribution in [-0.2, 0) is 6.54 Å². The summed E-state index contributed by atoms with van der Waals surface area (Å²) in [7, 11) is 0. The molecule has 4 nitrogen and oxygen atoms in total. The standard InChI is InChI=1S/C10H15ClN2O2/c1-4-6(2)5-13-9(14)7(3)8(11)12-10(13)15/h6H,4-5H2,1-3H3,(H,12,15). The SMILES string of the molecule is CCC(C)Cn1c(=O)[nH]c(Cl)c(C)c1=O. The van der Waals surface area contributed by atoms with Crippen molar-refractivity contribution in [2.45, 2.75) is 33.7 Å². The van der Waals surface area contributed by atoms with Crippen LogP contribution in [0.2, 0.25) is 5.15 Å². The first-order chi connectivity index (χ1) is 6.97. The lowest BCUT2D eigenvalue weighted by Crippen LogP contribution is -2.38. The molecule has 0 bridgehead atoms. The van der Waals surface area contributed by atoms with Crippen LogP contribution in [-0.4, -0.2) is 9.55 Å². The van der Waals surface area contributed by atoms with Crippen molar-refractivity contribution in [1.82, 2.24) is 9.55 Å². The third-order valence-corrected chi connectivity index (χ3v) is 2.93. The fraction of sp³-hybridized carbons (Fsp3) is 0.600. The number of aromatic nitrogens is 2. The number of nitrogens with zero attached hydrogens (tertiary/aromatic N) is 1. The highest BCUT2D eigenvalue weighted by molar-refractivity contribution is 6.30. The Kier molecular flexibility index (Phi) is 3.74. The van der Waals surface area contributed by atoms with Gasteiger partial charge >= 0.3 is 5.69 Å². The number of nitrogens with one attached hydrogen (secondary N) is 1. The number of H-pyrrole nitrogens is 1. The van der Waals surface area contributed by atoms with Gasteiger partial charge in [-0.2, -0.15) is 0 Å². The average Bonchev–Trinajstić information content (AvgIpc) is 2.21.